The summed E-state index contributed by atoms with van der Waals surface area (Å²) >= 11 is 1.28. The Labute approximate surface area is 182 Å². The van der Waals surface area contributed by atoms with Crippen molar-refractivity contribution in [3.05, 3.63) is 52.1 Å². The van der Waals surface area contributed by atoms with Crippen LogP contribution in [0, 0.1) is 11.3 Å². The molecular weight excluding hydrogens is 416 g/mol. The Balaban J connectivity index is 1.62. The molecule has 158 valence electrons. The van der Waals surface area contributed by atoms with E-state index in [1.54, 1.807) is 6.92 Å². The number of nitriles is 1. The predicted octanol–water partition coefficient (Wildman–Crippen LogP) is 1.39. The molecule has 2 N–H and O–H groups in total. The van der Waals surface area contributed by atoms with Gasteiger partial charge in [-0.1, -0.05) is 29.1 Å². The Kier molecular flexibility index (Phi) is 5.99. The molecule has 0 saturated carbocycles. The van der Waals surface area contributed by atoms with Gasteiger partial charge in [0.1, 0.15) is 6.07 Å². The van der Waals surface area contributed by atoms with Crippen LogP contribution in [0.2, 0.25) is 0 Å². The lowest BCUT2D eigenvalue weighted by Gasteiger charge is -2.35. The Morgan fingerprint density at radius 1 is 1.26 bits per heavy atom. The van der Waals surface area contributed by atoms with Crippen LogP contribution in [-0.2, 0) is 10.5 Å². The molecule has 2 aromatic heterocycles. The normalized spacial score (nSPS) is 13.8. The number of nitrogens with one attached hydrogen (secondary N) is 2. The highest BCUT2D eigenvalue weighted by Gasteiger charge is 2.20. The number of nitrogens with zero attached hydrogens (tertiary/aromatic N) is 6. The largest absolute Gasteiger partial charge is 0.368 e. The van der Waals surface area contributed by atoms with Gasteiger partial charge >= 0.3 is 0 Å². The third-order valence-corrected chi connectivity index (χ3v) is 6.10. The molecule has 3 aromatic rings. The van der Waals surface area contributed by atoms with Crippen LogP contribution in [0.4, 0.5) is 5.69 Å². The van der Waals surface area contributed by atoms with Crippen LogP contribution >= 0.6 is 11.8 Å². The summed E-state index contributed by atoms with van der Waals surface area (Å²) in [5.41, 5.74) is 2.46. The van der Waals surface area contributed by atoms with E-state index in [1.165, 1.54) is 17.8 Å². The number of tetrazole rings is 1. The molecule has 1 aromatic carbocycles. The summed E-state index contributed by atoms with van der Waals surface area (Å²) in [4.78, 5) is 30.7. The maximum absolute atomic E-state index is 12.3. The highest BCUT2D eigenvalue weighted by molar-refractivity contribution is 7.98. The first-order valence-corrected chi connectivity index (χ1v) is 10.7. The SMILES string of the molecule is CC(=O)N1CCN(c2cccc(-c3cc(=O)[nH]c(SCc4nn[nH]n4)c3C#N)c2)CC1. The number of piperazine rings is 1. The van der Waals surface area contributed by atoms with E-state index in [1.807, 2.05) is 29.2 Å². The number of carbonyl (C=O) groups is 1. The van der Waals surface area contributed by atoms with Gasteiger partial charge in [0.25, 0.3) is 0 Å². The van der Waals surface area contributed by atoms with Crippen molar-refractivity contribution < 1.29 is 4.79 Å². The van der Waals surface area contributed by atoms with Crippen molar-refractivity contribution in [2.45, 2.75) is 17.7 Å². The molecule has 0 spiro atoms. The summed E-state index contributed by atoms with van der Waals surface area (Å²) in [6, 6.07) is 11.5. The van der Waals surface area contributed by atoms with Gasteiger partial charge in [0.15, 0.2) is 5.82 Å². The van der Waals surface area contributed by atoms with Gasteiger partial charge in [-0.3, -0.25) is 9.59 Å². The Morgan fingerprint density at radius 3 is 2.74 bits per heavy atom. The van der Waals surface area contributed by atoms with Crippen molar-refractivity contribution in [3.63, 3.8) is 0 Å². The molecule has 1 aliphatic heterocycles. The summed E-state index contributed by atoms with van der Waals surface area (Å²) in [6.07, 6.45) is 0. The lowest BCUT2D eigenvalue weighted by Crippen LogP contribution is -2.48. The second-order valence-electron chi connectivity index (χ2n) is 7.02. The number of hydrogen-bond acceptors (Lipinski definition) is 8. The first-order valence-electron chi connectivity index (χ1n) is 9.68. The summed E-state index contributed by atoms with van der Waals surface area (Å²) < 4.78 is 0. The third-order valence-electron chi connectivity index (χ3n) is 5.10. The van der Waals surface area contributed by atoms with E-state index in [0.717, 1.165) is 24.3 Å². The molecule has 1 amide bonds. The number of anilines is 1. The average molecular weight is 437 g/mol. The molecule has 11 heteroatoms. The van der Waals surface area contributed by atoms with Crippen LogP contribution in [-0.4, -0.2) is 62.6 Å². The van der Waals surface area contributed by atoms with Gasteiger partial charge in [-0.25, -0.2) is 0 Å². The molecule has 0 aliphatic carbocycles. The van der Waals surface area contributed by atoms with Gasteiger partial charge in [-0.05, 0) is 17.7 Å². The Hall–Kier alpha value is -3.65. The lowest BCUT2D eigenvalue weighted by atomic mass is 10.0. The number of aromatic nitrogens is 5. The van der Waals surface area contributed by atoms with Crippen molar-refractivity contribution in [2.75, 3.05) is 31.1 Å². The number of aromatic amines is 2. The molecule has 0 bridgehead atoms. The number of amides is 1. The molecule has 1 saturated heterocycles. The molecule has 0 atom stereocenters. The van der Waals surface area contributed by atoms with Crippen LogP contribution < -0.4 is 10.5 Å². The van der Waals surface area contributed by atoms with Crippen LogP contribution in [0.3, 0.4) is 0 Å². The highest BCUT2D eigenvalue weighted by Crippen LogP contribution is 2.32. The quantitative estimate of drug-likeness (QED) is 0.573. The number of rotatable bonds is 5. The third kappa shape index (κ3) is 4.59. The van der Waals surface area contributed by atoms with Crippen molar-refractivity contribution in [1.82, 2.24) is 30.5 Å². The lowest BCUT2D eigenvalue weighted by molar-refractivity contribution is -0.129. The molecule has 3 heterocycles. The fourth-order valence-electron chi connectivity index (χ4n) is 3.51. The van der Waals surface area contributed by atoms with Gasteiger partial charge in [0, 0.05) is 50.4 Å². The maximum atomic E-state index is 12.3. The van der Waals surface area contributed by atoms with E-state index in [2.05, 4.69) is 36.6 Å². The molecule has 1 aliphatic rings. The predicted molar refractivity (Wildman–Crippen MR) is 115 cm³/mol. The second kappa shape index (κ2) is 9.01. The number of thioether (sulfide) groups is 1. The molecule has 4 rings (SSSR count). The molecule has 0 radical (unpaired) electrons. The smallest absolute Gasteiger partial charge is 0.249 e. The van der Waals surface area contributed by atoms with E-state index in [4.69, 9.17) is 0 Å². The first kappa shape index (κ1) is 20.6. The molecule has 1 fully saturated rings. The molecular formula is C20H20N8O2S. The Bertz CT molecular complexity index is 1180. The zero-order valence-corrected chi connectivity index (χ0v) is 17.6. The van der Waals surface area contributed by atoms with Gasteiger partial charge in [0.05, 0.1) is 16.3 Å². The van der Waals surface area contributed by atoms with Crippen LogP contribution in [0.25, 0.3) is 11.1 Å². The summed E-state index contributed by atoms with van der Waals surface area (Å²) in [7, 11) is 0. The van der Waals surface area contributed by atoms with Gasteiger partial charge in [-0.15, -0.1) is 10.2 Å². The number of pyridine rings is 1. The zero-order chi connectivity index (χ0) is 21.8. The van der Waals surface area contributed by atoms with Crippen LogP contribution in [0.15, 0.2) is 40.2 Å². The minimum atomic E-state index is -0.287. The fourth-order valence-corrected chi connectivity index (χ4v) is 4.38. The highest BCUT2D eigenvalue weighted by atomic mass is 32.2. The van der Waals surface area contributed by atoms with Crippen LogP contribution in [0.5, 0.6) is 0 Å². The molecule has 31 heavy (non-hydrogen) atoms. The summed E-state index contributed by atoms with van der Waals surface area (Å²) in [5.74, 6) is 0.929. The first-order chi connectivity index (χ1) is 15.0. The van der Waals surface area contributed by atoms with E-state index in [-0.39, 0.29) is 11.5 Å². The van der Waals surface area contributed by atoms with Crippen molar-refractivity contribution in [2.24, 2.45) is 0 Å². The van der Waals surface area contributed by atoms with E-state index < -0.39 is 0 Å². The number of H-pyrrole nitrogens is 2. The molecule has 0 unspecified atom stereocenters. The van der Waals surface area contributed by atoms with E-state index in [0.29, 0.717) is 40.8 Å². The maximum Gasteiger partial charge on any atom is 0.249 e. The standard InChI is InChI=1S/C20H20N8O2S/c1-13(29)27-5-7-28(8-6-27)15-4-2-3-14(9-15)16-10-19(30)22-20(17(16)11-21)31-12-18-23-25-26-24-18/h2-4,9-10H,5-8,12H2,1H3,(H,22,30)(H,23,24,25,26). The van der Waals surface area contributed by atoms with Crippen molar-refractivity contribution in [1.29, 1.82) is 5.26 Å². The van der Waals surface area contributed by atoms with Crippen molar-refractivity contribution in [3.8, 4) is 17.2 Å². The monoisotopic (exact) mass is 436 g/mol. The van der Waals surface area contributed by atoms with Gasteiger partial charge in [0.2, 0.25) is 11.5 Å². The number of carbonyl (C=O) groups excluding carboxylic acids is 1. The second-order valence-corrected chi connectivity index (χ2v) is 8.01. The van der Waals surface area contributed by atoms with Crippen molar-refractivity contribution >= 4 is 23.4 Å². The van der Waals surface area contributed by atoms with E-state index >= 15 is 0 Å². The summed E-state index contributed by atoms with van der Waals surface area (Å²) in [5, 5.41) is 24.0. The van der Waals surface area contributed by atoms with Crippen LogP contribution in [0.1, 0.15) is 18.3 Å². The number of benzene rings is 1. The zero-order valence-electron chi connectivity index (χ0n) is 16.8. The van der Waals surface area contributed by atoms with Gasteiger partial charge in [-0.2, -0.15) is 10.5 Å². The fraction of sp³-hybridized carbons (Fsp3) is 0.300. The minimum absolute atomic E-state index is 0.0847. The number of hydrogen-bond donors (Lipinski definition) is 2. The van der Waals surface area contributed by atoms with E-state index in [9.17, 15) is 14.9 Å². The molecule has 10 nitrogen and oxygen atoms in total. The average Bonchev–Trinajstić information content (AvgIpc) is 3.31. The summed E-state index contributed by atoms with van der Waals surface area (Å²) in [6.45, 7) is 4.39. The minimum Gasteiger partial charge on any atom is -0.368 e. The topological polar surface area (TPSA) is 135 Å². The Morgan fingerprint density at radius 2 is 2.06 bits per heavy atom. The van der Waals surface area contributed by atoms with Gasteiger partial charge < -0.3 is 14.8 Å².